The van der Waals surface area contributed by atoms with Crippen LogP contribution in [0.3, 0.4) is 0 Å². The first-order chi connectivity index (χ1) is 24.1. The Balaban J connectivity index is 3.97. The Morgan fingerprint density at radius 2 is 0.857 bits per heavy atom. The van der Waals surface area contributed by atoms with Gasteiger partial charge in [-0.1, -0.05) is 156 Å². The van der Waals surface area contributed by atoms with E-state index in [1.54, 1.807) is 0 Å². The molecule has 0 atom stereocenters. The van der Waals surface area contributed by atoms with Crippen LogP contribution in [-0.2, 0) is 19.1 Å². The maximum absolute atomic E-state index is 12.7. The molecule has 0 aliphatic rings. The van der Waals surface area contributed by atoms with Crippen LogP contribution in [0.15, 0.2) is 0 Å². The van der Waals surface area contributed by atoms with Crippen molar-refractivity contribution in [1.29, 1.82) is 0 Å². The molecule has 0 aliphatic heterocycles. The van der Waals surface area contributed by atoms with Crippen LogP contribution in [0.1, 0.15) is 226 Å². The molecule has 0 aromatic carbocycles. The van der Waals surface area contributed by atoms with Gasteiger partial charge in [-0.2, -0.15) is 0 Å². The van der Waals surface area contributed by atoms with E-state index in [-0.39, 0.29) is 24.6 Å². The van der Waals surface area contributed by atoms with Gasteiger partial charge in [0.15, 0.2) is 0 Å². The van der Waals surface area contributed by atoms with Crippen molar-refractivity contribution in [3.8, 4) is 0 Å². The number of ether oxygens (including phenoxy) is 2. The summed E-state index contributed by atoms with van der Waals surface area (Å²) in [7, 11) is 0. The molecular formula is C43H85NO5. The van der Waals surface area contributed by atoms with Gasteiger partial charge in [-0.05, 0) is 70.9 Å². The van der Waals surface area contributed by atoms with Crippen molar-refractivity contribution >= 4 is 11.9 Å². The van der Waals surface area contributed by atoms with E-state index in [1.807, 2.05) is 0 Å². The van der Waals surface area contributed by atoms with Gasteiger partial charge in [-0.15, -0.1) is 0 Å². The molecule has 0 unspecified atom stereocenters. The summed E-state index contributed by atoms with van der Waals surface area (Å²) in [4.78, 5) is 27.0. The van der Waals surface area contributed by atoms with Gasteiger partial charge < -0.3 is 19.5 Å². The molecule has 0 rings (SSSR count). The molecule has 6 nitrogen and oxygen atoms in total. The first kappa shape index (κ1) is 47.9. The first-order valence-electron chi connectivity index (χ1n) is 21.8. The lowest BCUT2D eigenvalue weighted by Crippen LogP contribution is -2.29. The van der Waals surface area contributed by atoms with Gasteiger partial charge in [-0.3, -0.25) is 9.59 Å². The Hall–Kier alpha value is -1.14. The molecule has 0 saturated heterocycles. The number of rotatable bonds is 40. The van der Waals surface area contributed by atoms with Crippen LogP contribution in [0.25, 0.3) is 0 Å². The Labute approximate surface area is 305 Å². The van der Waals surface area contributed by atoms with E-state index in [0.29, 0.717) is 19.4 Å². The standard InChI is InChI=1S/C43H85NO5/c1-4-7-10-13-16-20-27-34-42(46)48-40-31-24-17-22-29-36-44(38-39-45)37-30-23-21-28-35-43(47)49-41(32-25-18-14-11-8-5-2)33-26-19-15-12-9-6-3/h41,45H,4-40H2,1-3H3. The third kappa shape index (κ3) is 36.5. The fraction of sp³-hybridized carbons (Fsp3) is 0.953. The summed E-state index contributed by atoms with van der Waals surface area (Å²) in [6, 6.07) is 0. The zero-order valence-corrected chi connectivity index (χ0v) is 33.3. The maximum atomic E-state index is 12.7. The molecule has 0 aromatic rings. The SMILES string of the molecule is CCCCCCCCCC(=O)OCCCCCCCN(CCO)CCCCCCC(=O)OC(CCCCCCCC)CCCCCCCC. The monoisotopic (exact) mass is 696 g/mol. The third-order valence-corrected chi connectivity index (χ3v) is 9.95. The highest BCUT2D eigenvalue weighted by Crippen LogP contribution is 2.18. The molecular weight excluding hydrogens is 610 g/mol. The molecule has 0 heterocycles. The molecule has 0 saturated carbocycles. The molecule has 0 aliphatic carbocycles. The van der Waals surface area contributed by atoms with Gasteiger partial charge in [-0.25, -0.2) is 0 Å². The van der Waals surface area contributed by atoms with Crippen LogP contribution < -0.4 is 0 Å². The van der Waals surface area contributed by atoms with E-state index in [1.165, 1.54) is 116 Å². The van der Waals surface area contributed by atoms with Gasteiger partial charge in [0, 0.05) is 19.4 Å². The molecule has 0 radical (unpaired) electrons. The Bertz CT molecular complexity index is 671. The molecule has 49 heavy (non-hydrogen) atoms. The molecule has 0 amide bonds. The van der Waals surface area contributed by atoms with Crippen molar-refractivity contribution < 1.29 is 24.2 Å². The van der Waals surface area contributed by atoms with Crippen molar-refractivity contribution in [2.45, 2.75) is 232 Å². The zero-order valence-electron chi connectivity index (χ0n) is 33.3. The van der Waals surface area contributed by atoms with Gasteiger partial charge in [0.05, 0.1) is 13.2 Å². The highest BCUT2D eigenvalue weighted by molar-refractivity contribution is 5.69. The van der Waals surface area contributed by atoms with Gasteiger partial charge in [0.1, 0.15) is 6.10 Å². The highest BCUT2D eigenvalue weighted by Gasteiger charge is 2.14. The molecule has 0 fully saturated rings. The van der Waals surface area contributed by atoms with Gasteiger partial charge in [0.25, 0.3) is 0 Å². The second-order valence-electron chi connectivity index (χ2n) is 14.8. The van der Waals surface area contributed by atoms with E-state index in [0.717, 1.165) is 96.7 Å². The predicted molar refractivity (Wildman–Crippen MR) is 209 cm³/mol. The Morgan fingerprint density at radius 3 is 1.33 bits per heavy atom. The zero-order chi connectivity index (χ0) is 35.9. The topological polar surface area (TPSA) is 76.1 Å². The van der Waals surface area contributed by atoms with Crippen molar-refractivity contribution in [2.24, 2.45) is 0 Å². The summed E-state index contributed by atoms with van der Waals surface area (Å²) in [6.07, 6.45) is 36.9. The number of hydrogen-bond acceptors (Lipinski definition) is 6. The summed E-state index contributed by atoms with van der Waals surface area (Å²) in [5, 5.41) is 9.54. The number of carbonyl (C=O) groups excluding carboxylic acids is 2. The quantitative estimate of drug-likeness (QED) is 0.0508. The number of carbonyl (C=O) groups is 2. The van der Waals surface area contributed by atoms with Crippen LogP contribution in [0.4, 0.5) is 0 Å². The number of aliphatic hydroxyl groups excluding tert-OH is 1. The van der Waals surface area contributed by atoms with Crippen molar-refractivity contribution in [3.63, 3.8) is 0 Å². The van der Waals surface area contributed by atoms with Crippen LogP contribution >= 0.6 is 0 Å². The van der Waals surface area contributed by atoms with E-state index < -0.39 is 0 Å². The second kappa shape index (κ2) is 39.6. The fourth-order valence-corrected chi connectivity index (χ4v) is 6.70. The molecule has 6 heteroatoms. The predicted octanol–water partition coefficient (Wildman–Crippen LogP) is 12.3. The number of esters is 2. The minimum atomic E-state index is -0.0284. The van der Waals surface area contributed by atoms with Gasteiger partial charge in [0.2, 0.25) is 0 Å². The van der Waals surface area contributed by atoms with E-state index in [9.17, 15) is 14.7 Å². The Morgan fingerprint density at radius 1 is 0.469 bits per heavy atom. The smallest absolute Gasteiger partial charge is 0.306 e. The number of nitrogens with zero attached hydrogens (tertiary/aromatic N) is 1. The third-order valence-electron chi connectivity index (χ3n) is 9.95. The average molecular weight is 696 g/mol. The average Bonchev–Trinajstić information content (AvgIpc) is 3.09. The molecule has 292 valence electrons. The van der Waals surface area contributed by atoms with Crippen molar-refractivity contribution in [3.05, 3.63) is 0 Å². The maximum Gasteiger partial charge on any atom is 0.306 e. The normalized spacial score (nSPS) is 11.6. The summed E-state index contributed by atoms with van der Waals surface area (Å²) in [6.45, 7) is 10.3. The summed E-state index contributed by atoms with van der Waals surface area (Å²) in [5.74, 6) is -0.0232. The molecule has 0 bridgehead atoms. The highest BCUT2D eigenvalue weighted by atomic mass is 16.5. The minimum Gasteiger partial charge on any atom is -0.466 e. The second-order valence-corrected chi connectivity index (χ2v) is 14.8. The van der Waals surface area contributed by atoms with Crippen LogP contribution in [0, 0.1) is 0 Å². The fourth-order valence-electron chi connectivity index (χ4n) is 6.70. The molecule has 0 spiro atoms. The van der Waals surface area contributed by atoms with Crippen molar-refractivity contribution in [1.82, 2.24) is 4.90 Å². The lowest BCUT2D eigenvalue weighted by atomic mass is 10.0. The number of hydrogen-bond donors (Lipinski definition) is 1. The summed E-state index contributed by atoms with van der Waals surface area (Å²) >= 11 is 0. The van der Waals surface area contributed by atoms with E-state index in [2.05, 4.69) is 25.7 Å². The molecule has 1 N–H and O–H groups in total. The summed E-state index contributed by atoms with van der Waals surface area (Å²) < 4.78 is 11.4. The number of unbranched alkanes of at least 4 members (excludes halogenated alkanes) is 23. The van der Waals surface area contributed by atoms with Crippen LogP contribution in [0.5, 0.6) is 0 Å². The van der Waals surface area contributed by atoms with Crippen LogP contribution in [0.2, 0.25) is 0 Å². The van der Waals surface area contributed by atoms with Gasteiger partial charge >= 0.3 is 11.9 Å². The van der Waals surface area contributed by atoms with Crippen LogP contribution in [-0.4, -0.2) is 60.9 Å². The largest absolute Gasteiger partial charge is 0.466 e. The van der Waals surface area contributed by atoms with Crippen molar-refractivity contribution in [2.75, 3.05) is 32.8 Å². The first-order valence-corrected chi connectivity index (χ1v) is 21.8. The lowest BCUT2D eigenvalue weighted by Gasteiger charge is -2.21. The lowest BCUT2D eigenvalue weighted by molar-refractivity contribution is -0.150. The summed E-state index contributed by atoms with van der Waals surface area (Å²) in [5.41, 5.74) is 0. The minimum absolute atomic E-state index is 0.00512. The number of aliphatic hydroxyl groups is 1. The van der Waals surface area contributed by atoms with E-state index >= 15 is 0 Å². The molecule has 0 aromatic heterocycles. The Kier molecular flexibility index (Phi) is 38.7. The van der Waals surface area contributed by atoms with E-state index in [4.69, 9.17) is 9.47 Å².